The number of halogens is 2. The molecule has 0 saturated heterocycles. The van der Waals surface area contributed by atoms with E-state index in [1.807, 2.05) is 6.07 Å². The minimum atomic E-state index is -0.437. The van der Waals surface area contributed by atoms with E-state index in [1.54, 1.807) is 12.1 Å². The number of aryl methyl sites for hydroxylation is 1. The Hall–Kier alpha value is -2.08. The van der Waals surface area contributed by atoms with Crippen molar-refractivity contribution in [2.45, 2.75) is 12.8 Å². The van der Waals surface area contributed by atoms with Gasteiger partial charge in [-0.2, -0.15) is 0 Å². The summed E-state index contributed by atoms with van der Waals surface area (Å²) in [6.45, 7) is 0. The molecule has 1 aliphatic heterocycles. The highest BCUT2D eigenvalue weighted by molar-refractivity contribution is 9.10. The van der Waals surface area contributed by atoms with E-state index in [2.05, 4.69) is 21.2 Å². The van der Waals surface area contributed by atoms with Crippen LogP contribution in [0.15, 0.2) is 34.8 Å². The lowest BCUT2D eigenvalue weighted by Gasteiger charge is -2.18. The number of benzene rings is 2. The Balaban J connectivity index is 1.89. The fourth-order valence-corrected chi connectivity index (χ4v) is 2.50. The summed E-state index contributed by atoms with van der Waals surface area (Å²) >= 11 is 3.10. The first-order valence-electron chi connectivity index (χ1n) is 6.38. The number of nitrogens with two attached hydrogens (primary N) is 1. The average molecular weight is 351 g/mol. The molecule has 0 bridgehead atoms. The Morgan fingerprint density at radius 3 is 2.86 bits per heavy atom. The van der Waals surface area contributed by atoms with Crippen LogP contribution in [0, 0.1) is 5.82 Å². The Morgan fingerprint density at radius 2 is 2.05 bits per heavy atom. The van der Waals surface area contributed by atoms with E-state index >= 15 is 0 Å². The first kappa shape index (κ1) is 13.9. The van der Waals surface area contributed by atoms with E-state index in [-0.39, 0.29) is 16.1 Å². The van der Waals surface area contributed by atoms with Crippen molar-refractivity contribution >= 4 is 33.2 Å². The van der Waals surface area contributed by atoms with Gasteiger partial charge < -0.3 is 15.8 Å². The van der Waals surface area contributed by atoms with Crippen LogP contribution in [0.2, 0.25) is 0 Å². The monoisotopic (exact) mass is 350 g/mol. The molecule has 0 radical (unpaired) electrons. The number of carbonyl (C=O) groups excluding carboxylic acids is 1. The van der Waals surface area contributed by atoms with Crippen LogP contribution in [-0.2, 0) is 11.2 Å². The fourth-order valence-electron chi connectivity index (χ4n) is 2.18. The maximum atomic E-state index is 13.3. The zero-order valence-corrected chi connectivity index (χ0v) is 12.5. The summed E-state index contributed by atoms with van der Waals surface area (Å²) in [5, 5.41) is 2.80. The van der Waals surface area contributed by atoms with Crippen molar-refractivity contribution < 1.29 is 13.9 Å². The van der Waals surface area contributed by atoms with Crippen LogP contribution >= 0.6 is 15.9 Å². The zero-order valence-electron chi connectivity index (χ0n) is 11.0. The van der Waals surface area contributed by atoms with Crippen molar-refractivity contribution in [3.8, 4) is 11.5 Å². The van der Waals surface area contributed by atoms with Gasteiger partial charge in [0.05, 0.1) is 10.2 Å². The van der Waals surface area contributed by atoms with Gasteiger partial charge in [0.1, 0.15) is 11.6 Å². The minimum absolute atomic E-state index is 0.0166. The van der Waals surface area contributed by atoms with Gasteiger partial charge in [-0.05, 0) is 46.1 Å². The molecule has 4 nitrogen and oxygen atoms in total. The molecule has 21 heavy (non-hydrogen) atoms. The van der Waals surface area contributed by atoms with Crippen molar-refractivity contribution in [1.29, 1.82) is 0 Å². The summed E-state index contributed by atoms with van der Waals surface area (Å²) in [7, 11) is 0. The number of nitrogen functional groups attached to an aromatic ring is 1. The molecule has 1 aliphatic rings. The van der Waals surface area contributed by atoms with E-state index in [0.29, 0.717) is 24.3 Å². The molecule has 0 aliphatic carbocycles. The number of hydrogen-bond donors (Lipinski definition) is 2. The number of amides is 1. The summed E-state index contributed by atoms with van der Waals surface area (Å²) in [6.07, 6.45) is 1.13. The molecule has 1 amide bonds. The van der Waals surface area contributed by atoms with Crippen LogP contribution in [0.3, 0.4) is 0 Å². The summed E-state index contributed by atoms with van der Waals surface area (Å²) in [5.41, 5.74) is 7.78. The Labute approximate surface area is 129 Å². The number of hydrogen-bond acceptors (Lipinski definition) is 3. The quantitative estimate of drug-likeness (QED) is 0.808. The lowest BCUT2D eigenvalue weighted by molar-refractivity contribution is -0.116. The highest BCUT2D eigenvalue weighted by Gasteiger charge is 2.16. The van der Waals surface area contributed by atoms with Crippen LogP contribution in [0.5, 0.6) is 11.5 Å². The molecular weight excluding hydrogens is 339 g/mol. The number of ether oxygens (including phenoxy) is 1. The van der Waals surface area contributed by atoms with Crippen LogP contribution in [-0.4, -0.2) is 5.91 Å². The molecule has 2 aromatic rings. The number of carbonyl (C=O) groups is 1. The normalized spacial score (nSPS) is 13.5. The first-order chi connectivity index (χ1) is 10.0. The maximum absolute atomic E-state index is 13.3. The lowest BCUT2D eigenvalue weighted by Crippen LogP contribution is -2.18. The van der Waals surface area contributed by atoms with Crippen molar-refractivity contribution in [2.24, 2.45) is 0 Å². The molecule has 0 spiro atoms. The van der Waals surface area contributed by atoms with Gasteiger partial charge >= 0.3 is 0 Å². The number of fused-ring (bicyclic) bond motifs is 1. The van der Waals surface area contributed by atoms with Crippen molar-refractivity contribution in [3.05, 3.63) is 46.2 Å². The second kappa shape index (κ2) is 5.37. The standard InChI is InChI=1S/C15H12BrFN2O2/c16-10-6-14(12(18)7-11(10)17)21-9-2-3-13-8(5-9)1-4-15(20)19-13/h2-3,5-7H,1,4,18H2,(H,19,20). The van der Waals surface area contributed by atoms with E-state index in [4.69, 9.17) is 10.5 Å². The predicted octanol–water partition coefficient (Wildman–Crippen LogP) is 3.85. The van der Waals surface area contributed by atoms with Gasteiger partial charge in [-0.15, -0.1) is 0 Å². The Morgan fingerprint density at radius 1 is 1.24 bits per heavy atom. The zero-order chi connectivity index (χ0) is 15.0. The van der Waals surface area contributed by atoms with E-state index in [1.165, 1.54) is 12.1 Å². The predicted molar refractivity (Wildman–Crippen MR) is 82.0 cm³/mol. The molecule has 0 saturated carbocycles. The Bertz CT molecular complexity index is 734. The molecule has 6 heteroatoms. The van der Waals surface area contributed by atoms with Crippen LogP contribution in [0.4, 0.5) is 15.8 Å². The first-order valence-corrected chi connectivity index (χ1v) is 7.17. The molecule has 3 rings (SSSR count). The molecule has 0 aromatic heterocycles. The van der Waals surface area contributed by atoms with E-state index in [9.17, 15) is 9.18 Å². The Kier molecular flexibility index (Phi) is 3.55. The minimum Gasteiger partial charge on any atom is -0.455 e. The van der Waals surface area contributed by atoms with Gasteiger partial charge in [0, 0.05) is 24.2 Å². The van der Waals surface area contributed by atoms with Gasteiger partial charge in [-0.25, -0.2) is 4.39 Å². The number of nitrogens with one attached hydrogen (secondary N) is 1. The molecule has 1 heterocycles. The number of anilines is 2. The third kappa shape index (κ3) is 2.85. The summed E-state index contributed by atoms with van der Waals surface area (Å²) < 4.78 is 19.3. The van der Waals surface area contributed by atoms with Crippen LogP contribution in [0.1, 0.15) is 12.0 Å². The van der Waals surface area contributed by atoms with Crippen molar-refractivity contribution in [2.75, 3.05) is 11.1 Å². The third-order valence-electron chi connectivity index (χ3n) is 3.25. The molecular formula is C15H12BrFN2O2. The summed E-state index contributed by atoms with van der Waals surface area (Å²) in [6, 6.07) is 8.08. The number of rotatable bonds is 2. The van der Waals surface area contributed by atoms with Gasteiger partial charge in [0.2, 0.25) is 5.91 Å². The average Bonchev–Trinajstić information content (AvgIpc) is 2.45. The smallest absolute Gasteiger partial charge is 0.224 e. The lowest BCUT2D eigenvalue weighted by atomic mass is 10.0. The largest absolute Gasteiger partial charge is 0.455 e. The highest BCUT2D eigenvalue weighted by atomic mass is 79.9. The van der Waals surface area contributed by atoms with Crippen LogP contribution < -0.4 is 15.8 Å². The van der Waals surface area contributed by atoms with Gasteiger partial charge in [0.15, 0.2) is 5.75 Å². The molecule has 0 fully saturated rings. The summed E-state index contributed by atoms with van der Waals surface area (Å²) in [4.78, 5) is 11.3. The molecule has 0 unspecified atom stereocenters. The summed E-state index contributed by atoms with van der Waals surface area (Å²) in [5.74, 6) is 0.550. The fraction of sp³-hybridized carbons (Fsp3) is 0.133. The molecule has 3 N–H and O–H groups in total. The third-order valence-corrected chi connectivity index (χ3v) is 3.86. The molecule has 108 valence electrons. The van der Waals surface area contributed by atoms with E-state index < -0.39 is 5.82 Å². The second-order valence-corrected chi connectivity index (χ2v) is 5.63. The topological polar surface area (TPSA) is 64.3 Å². The van der Waals surface area contributed by atoms with Gasteiger partial charge in [0.25, 0.3) is 0 Å². The van der Waals surface area contributed by atoms with Gasteiger partial charge in [-0.3, -0.25) is 4.79 Å². The van der Waals surface area contributed by atoms with E-state index in [0.717, 1.165) is 11.3 Å². The van der Waals surface area contributed by atoms with Gasteiger partial charge in [-0.1, -0.05) is 0 Å². The highest BCUT2D eigenvalue weighted by Crippen LogP contribution is 2.34. The second-order valence-electron chi connectivity index (χ2n) is 4.77. The van der Waals surface area contributed by atoms with Crippen molar-refractivity contribution in [3.63, 3.8) is 0 Å². The van der Waals surface area contributed by atoms with Crippen LogP contribution in [0.25, 0.3) is 0 Å². The molecule has 2 aromatic carbocycles. The molecule has 0 atom stereocenters. The maximum Gasteiger partial charge on any atom is 0.224 e. The SMILES string of the molecule is Nc1cc(F)c(Br)cc1Oc1ccc2c(c1)CCC(=O)N2. The van der Waals surface area contributed by atoms with Crippen molar-refractivity contribution in [1.82, 2.24) is 0 Å².